The minimum atomic E-state index is -2.80. The summed E-state index contributed by atoms with van der Waals surface area (Å²) in [6, 6.07) is 3.67. The predicted molar refractivity (Wildman–Crippen MR) is 76.1 cm³/mol. The largest absolute Gasteiger partial charge is 0.434 e. The third-order valence-corrected chi connectivity index (χ3v) is 3.25. The number of ether oxygens (including phenoxy) is 1. The van der Waals surface area contributed by atoms with Crippen molar-refractivity contribution in [3.05, 3.63) is 34.4 Å². The van der Waals surface area contributed by atoms with Gasteiger partial charge in [-0.15, -0.1) is 11.6 Å². The first kappa shape index (κ1) is 16.0. The normalized spacial score (nSPS) is 12.4. The van der Waals surface area contributed by atoms with E-state index in [9.17, 15) is 8.78 Å². The Labute approximate surface area is 118 Å². The Morgan fingerprint density at radius 3 is 2.16 bits per heavy atom. The quantitative estimate of drug-likeness (QED) is 0.678. The molecule has 0 spiro atoms. The molecule has 1 rings (SSSR count). The molecule has 1 aromatic carbocycles. The van der Waals surface area contributed by atoms with Crippen molar-refractivity contribution in [3.63, 3.8) is 0 Å². The van der Waals surface area contributed by atoms with Gasteiger partial charge in [0.1, 0.15) is 5.75 Å². The van der Waals surface area contributed by atoms with Crippen LogP contribution < -0.4 is 4.74 Å². The van der Waals surface area contributed by atoms with Crippen LogP contribution in [0.1, 0.15) is 30.5 Å². The maximum absolute atomic E-state index is 12.3. The van der Waals surface area contributed by atoms with Crippen molar-refractivity contribution in [1.29, 1.82) is 0 Å². The van der Waals surface area contributed by atoms with Gasteiger partial charge in [-0.05, 0) is 48.6 Å². The first-order valence-electron chi connectivity index (χ1n) is 6.17. The van der Waals surface area contributed by atoms with E-state index >= 15 is 0 Å². The molecule has 1 nitrogen and oxygen atoms in total. The molecule has 0 N–H and O–H groups in total. The summed E-state index contributed by atoms with van der Waals surface area (Å²) in [4.78, 5) is 0. The summed E-state index contributed by atoms with van der Waals surface area (Å²) in [5.74, 6) is 1.07. The van der Waals surface area contributed by atoms with Gasteiger partial charge in [0.05, 0.1) is 0 Å². The monoisotopic (exact) mass is 288 g/mol. The maximum Gasteiger partial charge on any atom is 0.387 e. The summed E-state index contributed by atoms with van der Waals surface area (Å²) in [5.41, 5.74) is 3.47. The van der Waals surface area contributed by atoms with E-state index in [2.05, 4.69) is 18.6 Å². The molecule has 0 radical (unpaired) electrons. The van der Waals surface area contributed by atoms with E-state index in [-0.39, 0.29) is 5.75 Å². The Kier molecular flexibility index (Phi) is 5.80. The third kappa shape index (κ3) is 4.50. The lowest BCUT2D eigenvalue weighted by Crippen LogP contribution is -2.05. The van der Waals surface area contributed by atoms with Gasteiger partial charge in [0, 0.05) is 5.88 Å². The molecule has 19 heavy (non-hydrogen) atoms. The second-order valence-electron chi connectivity index (χ2n) is 4.87. The van der Waals surface area contributed by atoms with Crippen molar-refractivity contribution in [2.24, 2.45) is 5.92 Å². The summed E-state index contributed by atoms with van der Waals surface area (Å²) in [6.45, 7) is 4.87. The van der Waals surface area contributed by atoms with Gasteiger partial charge in [0.2, 0.25) is 0 Å². The number of alkyl halides is 3. The van der Waals surface area contributed by atoms with Gasteiger partial charge >= 0.3 is 6.61 Å². The highest BCUT2D eigenvalue weighted by molar-refractivity contribution is 6.19. The van der Waals surface area contributed by atoms with E-state index in [0.29, 0.717) is 22.9 Å². The molecule has 0 saturated carbocycles. The Hall–Kier alpha value is -1.09. The molecule has 0 aliphatic rings. The summed E-state index contributed by atoms with van der Waals surface area (Å²) in [5, 5.41) is 0. The maximum atomic E-state index is 12.3. The Morgan fingerprint density at radius 1 is 1.26 bits per heavy atom. The van der Waals surface area contributed by atoms with E-state index in [4.69, 9.17) is 11.6 Å². The van der Waals surface area contributed by atoms with E-state index in [0.717, 1.165) is 11.1 Å². The number of hydrogen-bond acceptors (Lipinski definition) is 1. The van der Waals surface area contributed by atoms with Gasteiger partial charge in [0.25, 0.3) is 0 Å². The number of hydrogen-bond donors (Lipinski definition) is 0. The van der Waals surface area contributed by atoms with Crippen molar-refractivity contribution >= 4 is 17.7 Å². The van der Waals surface area contributed by atoms with Crippen LogP contribution in [0.25, 0.3) is 6.08 Å². The van der Waals surface area contributed by atoms with Gasteiger partial charge < -0.3 is 4.74 Å². The molecule has 0 heterocycles. The van der Waals surface area contributed by atoms with Gasteiger partial charge in [-0.25, -0.2) is 0 Å². The Balaban J connectivity index is 3.14. The fourth-order valence-corrected chi connectivity index (χ4v) is 2.30. The first-order valence-corrected chi connectivity index (χ1v) is 6.71. The lowest BCUT2D eigenvalue weighted by molar-refractivity contribution is -0.0507. The van der Waals surface area contributed by atoms with Gasteiger partial charge in [-0.1, -0.05) is 25.5 Å². The van der Waals surface area contributed by atoms with Crippen molar-refractivity contribution in [2.75, 3.05) is 5.88 Å². The molecule has 0 aromatic heterocycles. The number of halogens is 3. The summed E-state index contributed by atoms with van der Waals surface area (Å²) in [6.07, 6.45) is 2.00. The first-order chi connectivity index (χ1) is 8.85. The highest BCUT2D eigenvalue weighted by atomic mass is 35.5. The van der Waals surface area contributed by atoms with Gasteiger partial charge in [-0.2, -0.15) is 8.78 Å². The molecule has 0 unspecified atom stereocenters. The van der Waals surface area contributed by atoms with Crippen molar-refractivity contribution in [2.45, 2.75) is 34.3 Å². The molecule has 0 bridgehead atoms. The van der Waals surface area contributed by atoms with E-state index in [1.165, 1.54) is 0 Å². The highest BCUT2D eigenvalue weighted by Gasteiger charge is 2.11. The van der Waals surface area contributed by atoms with Crippen LogP contribution in [0.2, 0.25) is 0 Å². The fraction of sp³-hybridized carbons (Fsp3) is 0.467. The number of aryl methyl sites for hydroxylation is 2. The minimum Gasteiger partial charge on any atom is -0.434 e. The highest BCUT2D eigenvalue weighted by Crippen LogP contribution is 2.28. The second kappa shape index (κ2) is 6.90. The predicted octanol–water partition coefficient (Wildman–Crippen LogP) is 5.18. The molecule has 0 atom stereocenters. The molecule has 4 heteroatoms. The SMILES string of the molecule is Cc1cc(C=C(CCl)C(C)C)cc(C)c1OC(F)F. The number of allylic oxidation sites excluding steroid dienone is 1. The topological polar surface area (TPSA) is 9.23 Å². The van der Waals surface area contributed by atoms with Crippen LogP contribution in [0.3, 0.4) is 0 Å². The molecule has 0 fully saturated rings. The lowest BCUT2D eigenvalue weighted by Gasteiger charge is -2.13. The number of rotatable bonds is 5. The Morgan fingerprint density at radius 2 is 1.79 bits per heavy atom. The van der Waals surface area contributed by atoms with Crippen LogP contribution in [-0.4, -0.2) is 12.5 Å². The van der Waals surface area contributed by atoms with Gasteiger partial charge in [0.15, 0.2) is 0 Å². The second-order valence-corrected chi connectivity index (χ2v) is 5.14. The van der Waals surface area contributed by atoms with E-state index < -0.39 is 6.61 Å². The summed E-state index contributed by atoms with van der Waals surface area (Å²) < 4.78 is 29.1. The van der Waals surface area contributed by atoms with Crippen molar-refractivity contribution in [3.8, 4) is 5.75 Å². The standard InChI is InChI=1S/C15H19ClF2O/c1-9(2)13(8-16)7-12-5-10(3)14(11(4)6-12)19-15(17)18/h5-7,9,15H,8H2,1-4H3. The van der Waals surface area contributed by atoms with Crippen LogP contribution in [0, 0.1) is 19.8 Å². The van der Waals surface area contributed by atoms with Crippen LogP contribution in [0.4, 0.5) is 8.78 Å². The molecule has 0 amide bonds. The van der Waals surface area contributed by atoms with Crippen LogP contribution >= 0.6 is 11.6 Å². The Bertz CT molecular complexity index is 444. The van der Waals surface area contributed by atoms with Crippen LogP contribution in [-0.2, 0) is 0 Å². The third-order valence-electron chi connectivity index (χ3n) is 2.94. The van der Waals surface area contributed by atoms with Crippen LogP contribution in [0.5, 0.6) is 5.75 Å². The van der Waals surface area contributed by atoms with Crippen molar-refractivity contribution in [1.82, 2.24) is 0 Å². The lowest BCUT2D eigenvalue weighted by atomic mass is 9.99. The van der Waals surface area contributed by atoms with E-state index in [1.807, 2.05) is 18.2 Å². The smallest absolute Gasteiger partial charge is 0.387 e. The molecule has 106 valence electrons. The molecule has 1 aromatic rings. The van der Waals surface area contributed by atoms with Crippen LogP contribution in [0.15, 0.2) is 17.7 Å². The van der Waals surface area contributed by atoms with Gasteiger partial charge in [-0.3, -0.25) is 0 Å². The zero-order valence-corrected chi connectivity index (χ0v) is 12.4. The molecule has 0 aliphatic carbocycles. The zero-order chi connectivity index (χ0) is 14.6. The zero-order valence-electron chi connectivity index (χ0n) is 11.6. The van der Waals surface area contributed by atoms with E-state index in [1.54, 1.807) is 13.8 Å². The fourth-order valence-electron chi connectivity index (χ4n) is 1.92. The number of benzene rings is 1. The summed E-state index contributed by atoms with van der Waals surface area (Å²) in [7, 11) is 0. The minimum absolute atomic E-state index is 0.254. The molecular weight excluding hydrogens is 270 g/mol. The van der Waals surface area contributed by atoms with Crippen molar-refractivity contribution < 1.29 is 13.5 Å². The average Bonchev–Trinajstić information content (AvgIpc) is 2.30. The molecule has 0 aliphatic heterocycles. The summed E-state index contributed by atoms with van der Waals surface area (Å²) >= 11 is 5.90. The molecule has 0 saturated heterocycles. The average molecular weight is 289 g/mol. The molecular formula is C15H19ClF2O.